The molecule has 1 aromatic rings. The molecule has 1 rings (SSSR count). The lowest BCUT2D eigenvalue weighted by Crippen LogP contribution is -2.28. The number of hydrogen-bond donors (Lipinski definition) is 1. The Balaban J connectivity index is 2.60. The Labute approximate surface area is 105 Å². The first kappa shape index (κ1) is 13.7. The summed E-state index contributed by atoms with van der Waals surface area (Å²) in [6, 6.07) is 8.43. The predicted molar refractivity (Wildman–Crippen MR) is 69.2 cm³/mol. The fourth-order valence-electron chi connectivity index (χ4n) is 1.22. The lowest BCUT2D eigenvalue weighted by molar-refractivity contribution is 0.532. The number of sulfonamides is 1. The van der Waals surface area contributed by atoms with Gasteiger partial charge in [0.25, 0.3) is 0 Å². The summed E-state index contributed by atoms with van der Waals surface area (Å²) in [6.07, 6.45) is 0.956. The van der Waals surface area contributed by atoms with Crippen molar-refractivity contribution in [2.24, 2.45) is 5.92 Å². The van der Waals surface area contributed by atoms with E-state index in [1.165, 1.54) is 0 Å². The predicted octanol–water partition coefficient (Wildman–Crippen LogP) is 2.39. The van der Waals surface area contributed by atoms with Gasteiger partial charge in [0.1, 0.15) is 0 Å². The maximum Gasteiger partial charge on any atom is 0.240 e. The second-order valence-electron chi connectivity index (χ2n) is 3.75. The Bertz CT molecular complexity index is 405. The zero-order chi connectivity index (χ0) is 12.0. The van der Waals surface area contributed by atoms with E-state index in [0.29, 0.717) is 17.4 Å². The first-order chi connectivity index (χ1) is 7.56. The Morgan fingerprint density at radius 3 is 2.50 bits per heavy atom. The van der Waals surface area contributed by atoms with Gasteiger partial charge in [-0.1, -0.05) is 41.1 Å². The number of rotatable bonds is 6. The summed E-state index contributed by atoms with van der Waals surface area (Å²) in [5, 5.41) is 0.890. The van der Waals surface area contributed by atoms with Crippen LogP contribution in [-0.2, 0) is 10.0 Å². The number of nitrogens with one attached hydrogen (secondary N) is 1. The van der Waals surface area contributed by atoms with Crippen molar-refractivity contribution in [3.05, 3.63) is 30.3 Å². The lowest BCUT2D eigenvalue weighted by atomic mass is 10.1. The van der Waals surface area contributed by atoms with Crippen LogP contribution in [0.5, 0.6) is 0 Å². The minimum Gasteiger partial charge on any atom is -0.211 e. The van der Waals surface area contributed by atoms with Gasteiger partial charge in [-0.3, -0.25) is 0 Å². The molecule has 16 heavy (non-hydrogen) atoms. The van der Waals surface area contributed by atoms with Crippen LogP contribution in [0.4, 0.5) is 0 Å². The first-order valence-corrected chi connectivity index (χ1v) is 7.77. The maximum absolute atomic E-state index is 11.8. The third kappa shape index (κ3) is 4.23. The monoisotopic (exact) mass is 305 g/mol. The van der Waals surface area contributed by atoms with E-state index < -0.39 is 10.0 Å². The smallest absolute Gasteiger partial charge is 0.211 e. The third-order valence-corrected chi connectivity index (χ3v) is 4.17. The van der Waals surface area contributed by atoms with Crippen molar-refractivity contribution in [1.29, 1.82) is 0 Å². The zero-order valence-corrected chi connectivity index (χ0v) is 11.6. The maximum atomic E-state index is 11.8. The second kappa shape index (κ2) is 6.37. The number of alkyl halides is 1. The van der Waals surface area contributed by atoms with Gasteiger partial charge in [0.15, 0.2) is 0 Å². The van der Waals surface area contributed by atoms with Crippen LogP contribution < -0.4 is 4.72 Å². The number of hydrogen-bond acceptors (Lipinski definition) is 2. The van der Waals surface area contributed by atoms with Gasteiger partial charge in [0.05, 0.1) is 4.90 Å². The average Bonchev–Trinajstić information content (AvgIpc) is 2.28. The highest BCUT2D eigenvalue weighted by molar-refractivity contribution is 9.09. The van der Waals surface area contributed by atoms with Crippen molar-refractivity contribution < 1.29 is 8.42 Å². The Kier molecular flexibility index (Phi) is 5.44. The molecule has 1 N–H and O–H groups in total. The molecule has 0 aromatic heterocycles. The van der Waals surface area contributed by atoms with Crippen molar-refractivity contribution >= 4 is 26.0 Å². The molecule has 0 saturated heterocycles. The van der Waals surface area contributed by atoms with Crippen LogP contribution in [0.3, 0.4) is 0 Å². The Morgan fingerprint density at radius 2 is 1.94 bits per heavy atom. The molecule has 1 unspecified atom stereocenters. The summed E-state index contributed by atoms with van der Waals surface area (Å²) >= 11 is 3.34. The molecular formula is C11H16BrNO2S. The lowest BCUT2D eigenvalue weighted by Gasteiger charge is -2.11. The van der Waals surface area contributed by atoms with E-state index in [4.69, 9.17) is 0 Å². The van der Waals surface area contributed by atoms with E-state index in [9.17, 15) is 8.42 Å². The Morgan fingerprint density at radius 1 is 1.31 bits per heavy atom. The average molecular weight is 306 g/mol. The van der Waals surface area contributed by atoms with Gasteiger partial charge >= 0.3 is 0 Å². The Hall–Kier alpha value is -0.390. The van der Waals surface area contributed by atoms with E-state index in [-0.39, 0.29) is 0 Å². The fourth-order valence-corrected chi connectivity index (χ4v) is 3.19. The van der Waals surface area contributed by atoms with Crippen molar-refractivity contribution in [3.63, 3.8) is 0 Å². The van der Waals surface area contributed by atoms with Crippen LogP contribution in [-0.4, -0.2) is 20.3 Å². The molecule has 5 heteroatoms. The van der Waals surface area contributed by atoms with Crippen LogP contribution in [0.2, 0.25) is 0 Å². The summed E-state index contributed by atoms with van der Waals surface area (Å²) in [6.45, 7) is 2.50. The molecule has 3 nitrogen and oxygen atoms in total. The molecule has 0 aliphatic carbocycles. The SMILES string of the molecule is CC(CCBr)CNS(=O)(=O)c1ccccc1. The molecule has 0 aliphatic heterocycles. The van der Waals surface area contributed by atoms with Crippen LogP contribution in [0.25, 0.3) is 0 Å². The molecule has 1 atom stereocenters. The second-order valence-corrected chi connectivity index (χ2v) is 6.31. The molecule has 90 valence electrons. The minimum atomic E-state index is -3.34. The van der Waals surface area contributed by atoms with E-state index in [1.54, 1.807) is 30.3 Å². The molecule has 0 radical (unpaired) electrons. The molecule has 0 bridgehead atoms. The molecule has 0 aliphatic rings. The van der Waals surface area contributed by atoms with Crippen LogP contribution >= 0.6 is 15.9 Å². The third-order valence-electron chi connectivity index (χ3n) is 2.28. The molecule has 0 saturated carbocycles. The fraction of sp³-hybridized carbons (Fsp3) is 0.455. The van der Waals surface area contributed by atoms with Gasteiger partial charge in [0.2, 0.25) is 10.0 Å². The van der Waals surface area contributed by atoms with E-state index in [0.717, 1.165) is 11.8 Å². The van der Waals surface area contributed by atoms with Crippen molar-refractivity contribution in [2.45, 2.75) is 18.2 Å². The molecular weight excluding hydrogens is 290 g/mol. The number of halogens is 1. The van der Waals surface area contributed by atoms with E-state index in [1.807, 2.05) is 6.92 Å². The summed E-state index contributed by atoms with van der Waals surface area (Å²) in [5.41, 5.74) is 0. The van der Waals surface area contributed by atoms with Crippen LogP contribution in [0.1, 0.15) is 13.3 Å². The highest BCUT2D eigenvalue weighted by atomic mass is 79.9. The standard InChI is InChI=1S/C11H16BrNO2S/c1-10(7-8-12)9-13-16(14,15)11-5-3-2-4-6-11/h2-6,10,13H,7-9H2,1H3. The quantitative estimate of drug-likeness (QED) is 0.820. The summed E-state index contributed by atoms with van der Waals surface area (Å²) < 4.78 is 26.2. The molecule has 0 fully saturated rings. The minimum absolute atomic E-state index is 0.320. The summed E-state index contributed by atoms with van der Waals surface area (Å²) in [4.78, 5) is 0.320. The highest BCUT2D eigenvalue weighted by Gasteiger charge is 2.13. The molecule has 0 heterocycles. The van der Waals surface area contributed by atoms with Gasteiger partial charge < -0.3 is 0 Å². The molecule has 1 aromatic carbocycles. The van der Waals surface area contributed by atoms with Gasteiger partial charge in [-0.2, -0.15) is 0 Å². The van der Waals surface area contributed by atoms with Gasteiger partial charge in [-0.15, -0.1) is 0 Å². The summed E-state index contributed by atoms with van der Waals surface area (Å²) in [7, 11) is -3.34. The van der Waals surface area contributed by atoms with Crippen LogP contribution in [0, 0.1) is 5.92 Å². The highest BCUT2D eigenvalue weighted by Crippen LogP contribution is 2.09. The van der Waals surface area contributed by atoms with Gasteiger partial charge in [0, 0.05) is 11.9 Å². The summed E-state index contributed by atoms with van der Waals surface area (Å²) in [5.74, 6) is 0.331. The number of benzene rings is 1. The van der Waals surface area contributed by atoms with Crippen molar-refractivity contribution in [2.75, 3.05) is 11.9 Å². The topological polar surface area (TPSA) is 46.2 Å². The normalized spacial score (nSPS) is 13.6. The largest absolute Gasteiger partial charge is 0.240 e. The first-order valence-electron chi connectivity index (χ1n) is 5.17. The van der Waals surface area contributed by atoms with Crippen molar-refractivity contribution in [3.8, 4) is 0 Å². The molecule has 0 amide bonds. The van der Waals surface area contributed by atoms with E-state index in [2.05, 4.69) is 20.7 Å². The van der Waals surface area contributed by atoms with Crippen LogP contribution in [0.15, 0.2) is 35.2 Å². The molecule has 0 spiro atoms. The van der Waals surface area contributed by atoms with E-state index >= 15 is 0 Å². The van der Waals surface area contributed by atoms with Gasteiger partial charge in [-0.05, 0) is 24.5 Å². The van der Waals surface area contributed by atoms with Crippen molar-refractivity contribution in [1.82, 2.24) is 4.72 Å². The van der Waals surface area contributed by atoms with Gasteiger partial charge in [-0.25, -0.2) is 13.1 Å². The zero-order valence-electron chi connectivity index (χ0n) is 9.19.